The van der Waals surface area contributed by atoms with E-state index in [0.717, 1.165) is 21.7 Å². The number of para-hydroxylation sites is 1. The van der Waals surface area contributed by atoms with Crippen LogP contribution in [0.4, 0.5) is 0 Å². The van der Waals surface area contributed by atoms with Crippen LogP contribution in [-0.4, -0.2) is 21.1 Å². The maximum atomic E-state index is 13.1. The molecular formula is C22H16ClN5OS. The number of carbonyl (C=O) groups excluding carboxylic acids is 1. The maximum absolute atomic E-state index is 13.1. The van der Waals surface area contributed by atoms with Crippen molar-refractivity contribution in [3.05, 3.63) is 99.8 Å². The van der Waals surface area contributed by atoms with Gasteiger partial charge < -0.3 is 0 Å². The molecule has 0 radical (unpaired) electrons. The second kappa shape index (κ2) is 7.93. The lowest BCUT2D eigenvalue weighted by molar-refractivity contribution is -0.116. The van der Waals surface area contributed by atoms with Gasteiger partial charge in [-0.05, 0) is 29.8 Å². The minimum absolute atomic E-state index is 0.195. The van der Waals surface area contributed by atoms with Crippen LogP contribution in [0.25, 0.3) is 5.70 Å². The zero-order chi connectivity index (χ0) is 20.5. The first-order valence-electron chi connectivity index (χ1n) is 9.32. The Morgan fingerprint density at radius 2 is 1.90 bits per heavy atom. The third kappa shape index (κ3) is 3.58. The van der Waals surface area contributed by atoms with Gasteiger partial charge >= 0.3 is 0 Å². The molecular weight excluding hydrogens is 418 g/mol. The lowest BCUT2D eigenvalue weighted by Crippen LogP contribution is -2.50. The molecule has 0 aliphatic carbocycles. The van der Waals surface area contributed by atoms with E-state index in [1.807, 2.05) is 60.7 Å². The van der Waals surface area contributed by atoms with E-state index >= 15 is 0 Å². The van der Waals surface area contributed by atoms with E-state index in [4.69, 9.17) is 21.7 Å². The summed E-state index contributed by atoms with van der Waals surface area (Å²) in [5, 5.41) is 12.1. The smallest absolute Gasteiger partial charge is 0.276 e. The predicted octanol–water partition coefficient (Wildman–Crippen LogP) is 2.81. The molecule has 2 aliphatic heterocycles. The summed E-state index contributed by atoms with van der Waals surface area (Å²) in [7, 11) is 0. The number of nitrogens with one attached hydrogen (secondary N) is 1. The average Bonchev–Trinajstić information content (AvgIpc) is 2.78. The number of aromatic nitrogens is 1. The number of halogens is 1. The van der Waals surface area contributed by atoms with Gasteiger partial charge in [0.25, 0.3) is 5.91 Å². The number of amides is 1. The van der Waals surface area contributed by atoms with E-state index in [1.54, 1.807) is 17.4 Å². The van der Waals surface area contributed by atoms with Crippen LogP contribution in [0.15, 0.2) is 83.2 Å². The van der Waals surface area contributed by atoms with Gasteiger partial charge in [0.15, 0.2) is 11.3 Å². The second-order valence-corrected chi connectivity index (χ2v) is 8.17. The number of pyridine rings is 1. The van der Waals surface area contributed by atoms with E-state index in [0.29, 0.717) is 21.6 Å². The number of amidine groups is 1. The fraction of sp³-hybridized carbons (Fsp3) is 0.0909. The second-order valence-electron chi connectivity index (χ2n) is 6.77. The monoisotopic (exact) mass is 433 g/mol. The highest BCUT2D eigenvalue weighted by Gasteiger charge is 2.34. The Labute approximate surface area is 182 Å². The summed E-state index contributed by atoms with van der Waals surface area (Å²) >= 11 is 7.42. The van der Waals surface area contributed by atoms with Gasteiger partial charge in [-0.15, -0.1) is 5.10 Å². The van der Waals surface area contributed by atoms with Crippen LogP contribution in [0, 0.1) is 0 Å². The molecule has 6 nitrogen and oxygen atoms in total. The molecule has 2 aromatic carbocycles. The zero-order valence-electron chi connectivity index (χ0n) is 15.7. The number of hydrazone groups is 1. The van der Waals surface area contributed by atoms with E-state index in [-0.39, 0.29) is 5.91 Å². The van der Waals surface area contributed by atoms with Gasteiger partial charge in [0.05, 0.1) is 5.36 Å². The molecule has 1 aromatic heterocycles. The number of carbonyl (C=O) groups is 1. The first-order chi connectivity index (χ1) is 14.7. The molecule has 0 bridgehead atoms. The molecule has 0 spiro atoms. The quantitative estimate of drug-likeness (QED) is 0.689. The van der Waals surface area contributed by atoms with Crippen molar-refractivity contribution in [2.45, 2.75) is 11.9 Å². The highest BCUT2D eigenvalue weighted by atomic mass is 35.5. The molecule has 0 unspecified atom stereocenters. The zero-order valence-corrected chi connectivity index (χ0v) is 17.3. The van der Waals surface area contributed by atoms with Crippen molar-refractivity contribution in [1.82, 2.24) is 15.3 Å². The van der Waals surface area contributed by atoms with Crippen molar-refractivity contribution < 1.29 is 4.79 Å². The molecule has 1 N–H and O–H groups in total. The highest BCUT2D eigenvalue weighted by molar-refractivity contribution is 8.13. The third-order valence-electron chi connectivity index (χ3n) is 4.79. The fourth-order valence-corrected chi connectivity index (χ4v) is 4.30. The summed E-state index contributed by atoms with van der Waals surface area (Å²) in [4.78, 5) is 22.1. The summed E-state index contributed by atoms with van der Waals surface area (Å²) in [6.07, 6.45) is 3.01. The van der Waals surface area contributed by atoms with Crippen LogP contribution in [0.1, 0.15) is 17.3 Å². The Kier molecular flexibility index (Phi) is 4.98. The first kappa shape index (κ1) is 18.8. The number of benzene rings is 2. The molecule has 148 valence electrons. The molecule has 2 aliphatic rings. The minimum Gasteiger partial charge on any atom is -0.298 e. The van der Waals surface area contributed by atoms with Gasteiger partial charge in [-0.25, -0.2) is 5.01 Å². The Balaban J connectivity index is 1.54. The van der Waals surface area contributed by atoms with Gasteiger partial charge in [-0.1, -0.05) is 59.8 Å². The average molecular weight is 434 g/mol. The molecule has 3 aromatic rings. The first-order valence-corrected chi connectivity index (χ1v) is 10.7. The van der Waals surface area contributed by atoms with Crippen LogP contribution in [0.2, 0.25) is 5.02 Å². The number of nitrogens with zero attached hydrogens (tertiary/aromatic N) is 4. The van der Waals surface area contributed by atoms with Gasteiger partial charge in [0.1, 0.15) is 5.70 Å². The number of thioether (sulfide) groups is 1. The minimum atomic E-state index is -0.458. The van der Waals surface area contributed by atoms with Crippen LogP contribution < -0.4 is 15.9 Å². The summed E-state index contributed by atoms with van der Waals surface area (Å²) in [5.41, 5.74) is 2.45. The lowest BCUT2D eigenvalue weighted by atomic mass is 10.1. The van der Waals surface area contributed by atoms with E-state index in [2.05, 4.69) is 10.3 Å². The predicted molar refractivity (Wildman–Crippen MR) is 118 cm³/mol. The normalized spacial score (nSPS) is 17.4. The molecule has 1 atom stereocenters. The summed E-state index contributed by atoms with van der Waals surface area (Å²) in [6.45, 7) is 0. The van der Waals surface area contributed by atoms with Crippen molar-refractivity contribution in [3.8, 4) is 0 Å². The van der Waals surface area contributed by atoms with Gasteiger partial charge in [-0.2, -0.15) is 0 Å². The van der Waals surface area contributed by atoms with Crippen molar-refractivity contribution in [2.75, 3.05) is 0 Å². The molecule has 3 heterocycles. The molecule has 0 saturated heterocycles. The molecule has 30 heavy (non-hydrogen) atoms. The summed E-state index contributed by atoms with van der Waals surface area (Å²) in [5.74, 6) is 0.463. The van der Waals surface area contributed by atoms with Crippen molar-refractivity contribution in [1.29, 1.82) is 0 Å². The Morgan fingerprint density at radius 1 is 1.07 bits per heavy atom. The van der Waals surface area contributed by atoms with Crippen molar-refractivity contribution in [3.63, 3.8) is 0 Å². The van der Waals surface area contributed by atoms with E-state index < -0.39 is 6.17 Å². The van der Waals surface area contributed by atoms with Gasteiger partial charge in [-0.3, -0.25) is 20.1 Å². The largest absolute Gasteiger partial charge is 0.298 e. The van der Waals surface area contributed by atoms with Crippen LogP contribution in [0.5, 0.6) is 0 Å². The van der Waals surface area contributed by atoms with Gasteiger partial charge in [0, 0.05) is 34.0 Å². The molecule has 0 saturated carbocycles. The van der Waals surface area contributed by atoms with Crippen LogP contribution in [0.3, 0.4) is 0 Å². The number of fused-ring (bicyclic) bond motifs is 2. The van der Waals surface area contributed by atoms with Crippen molar-refractivity contribution in [2.24, 2.45) is 10.1 Å². The Hall–Kier alpha value is -3.16. The number of hydrogen-bond donors (Lipinski definition) is 1. The van der Waals surface area contributed by atoms with Crippen LogP contribution >= 0.6 is 23.4 Å². The molecule has 0 fully saturated rings. The number of rotatable bonds is 3. The Bertz CT molecular complexity index is 1260. The van der Waals surface area contributed by atoms with Crippen molar-refractivity contribution >= 4 is 40.1 Å². The molecule has 5 rings (SSSR count). The standard InChI is InChI=1S/C22H16ClN5OS/c23-16-9-7-14(8-10-16)13-30-22-26-21(29)19-17-5-1-2-6-18(17)25-20(28(19)27-22)15-4-3-11-24-12-15/h1-12,20H,13H2,(H,26,27,29)/t20-/m0/s1. The Morgan fingerprint density at radius 3 is 2.70 bits per heavy atom. The summed E-state index contributed by atoms with van der Waals surface area (Å²) < 4.78 is 0. The summed E-state index contributed by atoms with van der Waals surface area (Å²) in [6, 6.07) is 19.0. The van der Waals surface area contributed by atoms with Crippen LogP contribution in [-0.2, 0) is 10.5 Å². The topological polar surface area (TPSA) is 70.0 Å². The number of hydrogen-bond acceptors (Lipinski definition) is 6. The molecule has 1 amide bonds. The fourth-order valence-electron chi connectivity index (χ4n) is 3.37. The lowest BCUT2D eigenvalue weighted by Gasteiger charge is -2.33. The SMILES string of the molecule is O=C1NC(SCc2ccc(Cl)cc2)=NN2C1=c1ccccc1=N[C@@H]2c1cccnc1. The maximum Gasteiger partial charge on any atom is 0.276 e. The molecule has 8 heteroatoms. The van der Waals surface area contributed by atoms with E-state index in [9.17, 15) is 4.79 Å². The highest BCUT2D eigenvalue weighted by Crippen LogP contribution is 2.30. The van der Waals surface area contributed by atoms with E-state index in [1.165, 1.54) is 11.8 Å². The van der Waals surface area contributed by atoms with Gasteiger partial charge in [0.2, 0.25) is 0 Å². The third-order valence-corrected chi connectivity index (χ3v) is 5.97.